The van der Waals surface area contributed by atoms with E-state index in [0.717, 1.165) is 54.8 Å². The second-order valence-corrected chi connectivity index (χ2v) is 6.79. The van der Waals surface area contributed by atoms with Crippen molar-refractivity contribution in [1.82, 2.24) is 39.7 Å². The van der Waals surface area contributed by atoms with E-state index in [1.165, 1.54) is 0 Å². The Bertz CT molecular complexity index is 1070. The van der Waals surface area contributed by atoms with Crippen molar-refractivity contribution in [3.63, 3.8) is 0 Å². The number of pyridine rings is 1. The molecule has 1 N–H and O–H groups in total. The van der Waals surface area contributed by atoms with Crippen LogP contribution in [-0.2, 0) is 11.8 Å². The monoisotopic (exact) mass is 376 g/mol. The maximum Gasteiger partial charge on any atom is 0.183 e. The lowest BCUT2D eigenvalue weighted by molar-refractivity contribution is 0.0836. The lowest BCUT2D eigenvalue weighted by Crippen LogP contribution is -2.15. The maximum absolute atomic E-state index is 5.49. The van der Waals surface area contributed by atoms with Gasteiger partial charge in [0.15, 0.2) is 17.5 Å². The van der Waals surface area contributed by atoms with Crippen LogP contribution in [0.1, 0.15) is 24.6 Å². The summed E-state index contributed by atoms with van der Waals surface area (Å²) in [6.45, 7) is 1.49. The van der Waals surface area contributed by atoms with E-state index in [9.17, 15) is 0 Å². The summed E-state index contributed by atoms with van der Waals surface area (Å²) in [7, 11) is 1.89. The van der Waals surface area contributed by atoms with Gasteiger partial charge in [0.05, 0.1) is 11.9 Å². The number of hydrogen-bond acceptors (Lipinski definition) is 6. The highest BCUT2D eigenvalue weighted by Gasteiger charge is 2.25. The van der Waals surface area contributed by atoms with E-state index >= 15 is 0 Å². The number of H-pyrrole nitrogens is 1. The number of nitrogens with one attached hydrogen (secondary N) is 1. The summed E-state index contributed by atoms with van der Waals surface area (Å²) in [5, 5.41) is 16.6. The van der Waals surface area contributed by atoms with Crippen molar-refractivity contribution in [2.45, 2.75) is 18.8 Å². The molecule has 0 atom stereocenters. The molecule has 0 radical (unpaired) electrons. The van der Waals surface area contributed by atoms with E-state index < -0.39 is 0 Å². The van der Waals surface area contributed by atoms with Gasteiger partial charge in [0.25, 0.3) is 0 Å². The Balaban J connectivity index is 1.59. The summed E-state index contributed by atoms with van der Waals surface area (Å²) in [4.78, 5) is 9.24. The second kappa shape index (κ2) is 7.01. The molecule has 1 aliphatic heterocycles. The Morgan fingerprint density at radius 2 is 2.00 bits per heavy atom. The number of aryl methyl sites for hydroxylation is 1. The van der Waals surface area contributed by atoms with Crippen molar-refractivity contribution >= 4 is 0 Å². The highest BCUT2D eigenvalue weighted by molar-refractivity contribution is 5.63. The van der Waals surface area contributed by atoms with Crippen LogP contribution in [0.3, 0.4) is 0 Å². The molecule has 0 unspecified atom stereocenters. The van der Waals surface area contributed by atoms with Gasteiger partial charge in [-0.15, -0.1) is 5.10 Å². The number of aromatic amines is 1. The van der Waals surface area contributed by atoms with Crippen LogP contribution in [-0.4, -0.2) is 52.9 Å². The molecule has 9 nitrogen and oxygen atoms in total. The minimum Gasteiger partial charge on any atom is -0.381 e. The van der Waals surface area contributed by atoms with Crippen molar-refractivity contribution < 1.29 is 4.74 Å². The van der Waals surface area contributed by atoms with E-state index in [-0.39, 0.29) is 0 Å². The molecule has 5 rings (SSSR count). The number of aromatic nitrogens is 8. The Hall–Kier alpha value is -3.33. The topological polar surface area (TPSA) is 99.3 Å². The zero-order valence-electron chi connectivity index (χ0n) is 15.5. The van der Waals surface area contributed by atoms with Crippen LogP contribution in [0.15, 0.2) is 42.7 Å². The highest BCUT2D eigenvalue weighted by atomic mass is 16.5. The van der Waals surface area contributed by atoms with Crippen LogP contribution < -0.4 is 0 Å². The summed E-state index contributed by atoms with van der Waals surface area (Å²) in [5.41, 5.74) is 2.36. The van der Waals surface area contributed by atoms with Gasteiger partial charge in [-0.2, -0.15) is 14.9 Å². The van der Waals surface area contributed by atoms with Crippen molar-refractivity contribution in [2.24, 2.45) is 7.05 Å². The lowest BCUT2D eigenvalue weighted by Gasteiger charge is -2.18. The highest BCUT2D eigenvalue weighted by Crippen LogP contribution is 2.29. The van der Waals surface area contributed by atoms with Gasteiger partial charge in [-0.3, -0.25) is 14.8 Å². The molecule has 0 amide bonds. The molecule has 0 saturated carbocycles. The first-order valence-electron chi connectivity index (χ1n) is 9.30. The molecule has 4 aromatic heterocycles. The molecule has 1 aliphatic rings. The molecule has 0 bridgehead atoms. The Labute approximate surface area is 161 Å². The first-order chi connectivity index (χ1) is 13.8. The number of rotatable bonds is 4. The molecular weight excluding hydrogens is 356 g/mol. The fourth-order valence-corrected chi connectivity index (χ4v) is 3.45. The normalized spacial score (nSPS) is 15.2. The average molecular weight is 376 g/mol. The molecule has 142 valence electrons. The first kappa shape index (κ1) is 16.8. The summed E-state index contributed by atoms with van der Waals surface area (Å²) in [6.07, 6.45) is 5.36. The predicted molar refractivity (Wildman–Crippen MR) is 102 cm³/mol. The SMILES string of the molecule is Cn1nccc1-n1nc(C2CCOCC2)nc1-c1cc(-c2ccccn2)n[nH]1. The fraction of sp³-hybridized carbons (Fsp3) is 0.316. The summed E-state index contributed by atoms with van der Waals surface area (Å²) >= 11 is 0. The smallest absolute Gasteiger partial charge is 0.183 e. The predicted octanol–water partition coefficient (Wildman–Crippen LogP) is 2.35. The third-order valence-electron chi connectivity index (χ3n) is 4.97. The molecule has 0 spiro atoms. The minimum absolute atomic E-state index is 0.292. The first-order valence-corrected chi connectivity index (χ1v) is 9.30. The average Bonchev–Trinajstić information content (AvgIpc) is 3.48. The second-order valence-electron chi connectivity index (χ2n) is 6.79. The van der Waals surface area contributed by atoms with Crippen molar-refractivity contribution in [3.05, 3.63) is 48.5 Å². The molecule has 1 saturated heterocycles. The van der Waals surface area contributed by atoms with Gasteiger partial charge in [-0.05, 0) is 31.0 Å². The van der Waals surface area contributed by atoms with Gasteiger partial charge in [-0.25, -0.2) is 4.98 Å². The van der Waals surface area contributed by atoms with Gasteiger partial charge < -0.3 is 4.74 Å². The van der Waals surface area contributed by atoms with E-state index in [0.29, 0.717) is 11.7 Å². The van der Waals surface area contributed by atoms with Gasteiger partial charge >= 0.3 is 0 Å². The van der Waals surface area contributed by atoms with Crippen LogP contribution in [0.4, 0.5) is 0 Å². The summed E-state index contributed by atoms with van der Waals surface area (Å²) in [6, 6.07) is 9.63. The lowest BCUT2D eigenvalue weighted by atomic mass is 10.00. The molecule has 1 fully saturated rings. The van der Waals surface area contributed by atoms with Gasteiger partial charge in [0.1, 0.15) is 11.4 Å². The maximum atomic E-state index is 5.49. The van der Waals surface area contributed by atoms with E-state index in [4.69, 9.17) is 14.8 Å². The summed E-state index contributed by atoms with van der Waals surface area (Å²) < 4.78 is 9.09. The molecule has 0 aromatic carbocycles. The van der Waals surface area contributed by atoms with E-state index in [2.05, 4.69) is 20.3 Å². The summed E-state index contributed by atoms with van der Waals surface area (Å²) in [5.74, 6) is 2.67. The Kier molecular flexibility index (Phi) is 4.21. The van der Waals surface area contributed by atoms with Crippen molar-refractivity contribution in [2.75, 3.05) is 13.2 Å². The standard InChI is InChI=1S/C19H20N8O/c1-26-17(5-9-21-26)27-19(22-18(25-27)13-6-10-28-11-7-13)16-12-15(23-24-16)14-4-2-3-8-20-14/h2-5,8-9,12-13H,6-7,10-11H2,1H3,(H,23,24). The minimum atomic E-state index is 0.292. The van der Waals surface area contributed by atoms with E-state index in [1.807, 2.05) is 42.1 Å². The van der Waals surface area contributed by atoms with E-state index in [1.54, 1.807) is 17.1 Å². The Morgan fingerprint density at radius 3 is 2.75 bits per heavy atom. The zero-order chi connectivity index (χ0) is 18.9. The van der Waals surface area contributed by atoms with Crippen LogP contribution in [0, 0.1) is 0 Å². The molecule has 28 heavy (non-hydrogen) atoms. The largest absolute Gasteiger partial charge is 0.381 e. The van der Waals surface area contributed by atoms with Gasteiger partial charge in [0, 0.05) is 38.4 Å². The third-order valence-corrected chi connectivity index (χ3v) is 4.97. The van der Waals surface area contributed by atoms with Crippen LogP contribution >= 0.6 is 0 Å². The Morgan fingerprint density at radius 1 is 1.11 bits per heavy atom. The number of hydrogen-bond donors (Lipinski definition) is 1. The number of nitrogens with zero attached hydrogens (tertiary/aromatic N) is 7. The molecular formula is C19H20N8O. The van der Waals surface area contributed by atoms with Gasteiger partial charge in [-0.1, -0.05) is 6.07 Å². The van der Waals surface area contributed by atoms with Crippen molar-refractivity contribution in [3.8, 4) is 28.7 Å². The molecule has 0 aliphatic carbocycles. The number of ether oxygens (including phenoxy) is 1. The van der Waals surface area contributed by atoms with Gasteiger partial charge in [0.2, 0.25) is 0 Å². The molecule has 5 heterocycles. The zero-order valence-corrected chi connectivity index (χ0v) is 15.5. The van der Waals surface area contributed by atoms with Crippen LogP contribution in [0.25, 0.3) is 28.7 Å². The van der Waals surface area contributed by atoms with Crippen molar-refractivity contribution in [1.29, 1.82) is 0 Å². The van der Waals surface area contributed by atoms with Crippen LogP contribution in [0.2, 0.25) is 0 Å². The quantitative estimate of drug-likeness (QED) is 0.587. The third kappa shape index (κ3) is 2.99. The fourth-order valence-electron chi connectivity index (χ4n) is 3.45. The van der Waals surface area contributed by atoms with Crippen LogP contribution in [0.5, 0.6) is 0 Å². The molecule has 4 aromatic rings. The molecule has 9 heteroatoms.